The molecule has 1 aliphatic rings. The van der Waals surface area contributed by atoms with E-state index in [4.69, 9.17) is 5.73 Å². The van der Waals surface area contributed by atoms with Crippen LogP contribution in [0.3, 0.4) is 0 Å². The number of hydrogen-bond donors (Lipinski definition) is 2. The number of benzene rings is 1. The van der Waals surface area contributed by atoms with Crippen LogP contribution >= 0.6 is 11.3 Å². The molecule has 106 valence electrons. The summed E-state index contributed by atoms with van der Waals surface area (Å²) in [5.74, 6) is 0.485. The Balaban J connectivity index is 1.75. The first kappa shape index (κ1) is 13.6. The van der Waals surface area contributed by atoms with Gasteiger partial charge in [0, 0.05) is 10.7 Å². The second-order valence-electron chi connectivity index (χ2n) is 5.51. The van der Waals surface area contributed by atoms with Gasteiger partial charge in [0.1, 0.15) is 0 Å². The highest BCUT2D eigenvalue weighted by Gasteiger charge is 2.26. The number of nitrogens with two attached hydrogens (primary N) is 1. The van der Waals surface area contributed by atoms with Crippen molar-refractivity contribution in [3.8, 4) is 0 Å². The van der Waals surface area contributed by atoms with Crippen LogP contribution in [-0.2, 0) is 0 Å². The minimum Gasteiger partial charge on any atom is -0.348 e. The molecule has 0 radical (unpaired) electrons. The van der Waals surface area contributed by atoms with E-state index < -0.39 is 0 Å². The number of rotatable bonds is 3. The van der Waals surface area contributed by atoms with E-state index in [1.165, 1.54) is 12.8 Å². The summed E-state index contributed by atoms with van der Waals surface area (Å²) in [5, 5.41) is 4.33. The van der Waals surface area contributed by atoms with Crippen molar-refractivity contribution in [3.63, 3.8) is 0 Å². The van der Waals surface area contributed by atoms with Crippen LogP contribution in [-0.4, -0.2) is 18.5 Å². The highest BCUT2D eigenvalue weighted by atomic mass is 32.1. The number of carbonyl (C=O) groups is 1. The predicted octanol–water partition coefficient (Wildman–Crippen LogP) is 3.15. The lowest BCUT2D eigenvalue weighted by molar-refractivity contribution is 0.0912. The molecule has 1 aromatic heterocycles. The summed E-state index contributed by atoms with van der Waals surface area (Å²) in [6, 6.07) is 10.3. The second kappa shape index (κ2) is 5.94. The van der Waals surface area contributed by atoms with E-state index in [0.717, 1.165) is 27.8 Å². The first-order valence-electron chi connectivity index (χ1n) is 7.27. The smallest absolute Gasteiger partial charge is 0.261 e. The molecule has 2 atom stereocenters. The summed E-state index contributed by atoms with van der Waals surface area (Å²) >= 11 is 1.56. The Labute approximate surface area is 123 Å². The third-order valence-corrected chi connectivity index (χ3v) is 5.29. The van der Waals surface area contributed by atoms with E-state index >= 15 is 0 Å². The van der Waals surface area contributed by atoms with E-state index in [-0.39, 0.29) is 11.9 Å². The molecule has 0 bridgehead atoms. The largest absolute Gasteiger partial charge is 0.348 e. The number of hydrogen-bond acceptors (Lipinski definition) is 3. The number of amides is 1. The van der Waals surface area contributed by atoms with Crippen LogP contribution in [0.15, 0.2) is 30.3 Å². The van der Waals surface area contributed by atoms with Crippen LogP contribution in [0.1, 0.15) is 35.4 Å². The Hall–Kier alpha value is -1.39. The number of fused-ring (bicyclic) bond motifs is 1. The van der Waals surface area contributed by atoms with Crippen molar-refractivity contribution >= 4 is 27.3 Å². The van der Waals surface area contributed by atoms with Gasteiger partial charge in [-0.25, -0.2) is 0 Å². The summed E-state index contributed by atoms with van der Waals surface area (Å²) in [6.07, 6.45) is 4.61. The summed E-state index contributed by atoms with van der Waals surface area (Å²) in [4.78, 5) is 13.2. The molecule has 1 heterocycles. The van der Waals surface area contributed by atoms with Gasteiger partial charge in [0.05, 0.1) is 4.88 Å². The summed E-state index contributed by atoms with van der Waals surface area (Å²) in [6.45, 7) is 0.664. The highest BCUT2D eigenvalue weighted by Crippen LogP contribution is 2.27. The zero-order chi connectivity index (χ0) is 13.9. The van der Waals surface area contributed by atoms with Crippen LogP contribution in [0.25, 0.3) is 10.1 Å². The molecular formula is C16H20N2OS. The zero-order valence-corrected chi connectivity index (χ0v) is 12.3. The van der Waals surface area contributed by atoms with Gasteiger partial charge in [-0.2, -0.15) is 0 Å². The Morgan fingerprint density at radius 2 is 2.10 bits per heavy atom. The molecule has 3 nitrogen and oxygen atoms in total. The van der Waals surface area contributed by atoms with Crippen molar-refractivity contribution in [2.45, 2.75) is 31.7 Å². The van der Waals surface area contributed by atoms with Crippen molar-refractivity contribution < 1.29 is 4.79 Å². The molecule has 1 amide bonds. The van der Waals surface area contributed by atoms with Gasteiger partial charge in [0.15, 0.2) is 0 Å². The minimum absolute atomic E-state index is 0.0524. The molecule has 1 aliphatic carbocycles. The van der Waals surface area contributed by atoms with Gasteiger partial charge in [-0.1, -0.05) is 31.0 Å². The molecule has 2 unspecified atom stereocenters. The monoisotopic (exact) mass is 288 g/mol. The molecule has 1 aromatic carbocycles. The minimum atomic E-state index is 0.0524. The molecule has 0 saturated heterocycles. The molecule has 1 saturated carbocycles. The first-order chi connectivity index (χ1) is 9.78. The second-order valence-corrected chi connectivity index (χ2v) is 6.59. The first-order valence-corrected chi connectivity index (χ1v) is 8.09. The highest BCUT2D eigenvalue weighted by molar-refractivity contribution is 7.20. The van der Waals surface area contributed by atoms with Gasteiger partial charge in [-0.15, -0.1) is 11.3 Å². The number of nitrogens with one attached hydrogen (secondary N) is 1. The average Bonchev–Trinajstić information content (AvgIpc) is 2.92. The molecular weight excluding hydrogens is 268 g/mol. The van der Waals surface area contributed by atoms with E-state index in [2.05, 4.69) is 11.4 Å². The predicted molar refractivity (Wildman–Crippen MR) is 84.1 cm³/mol. The lowest BCUT2D eigenvalue weighted by Crippen LogP contribution is -2.44. The summed E-state index contributed by atoms with van der Waals surface area (Å²) in [7, 11) is 0. The van der Waals surface area contributed by atoms with Crippen molar-refractivity contribution in [1.29, 1.82) is 0 Å². The van der Waals surface area contributed by atoms with Crippen LogP contribution in [0.5, 0.6) is 0 Å². The maximum atomic E-state index is 12.4. The van der Waals surface area contributed by atoms with Crippen molar-refractivity contribution in [3.05, 3.63) is 35.2 Å². The Morgan fingerprint density at radius 3 is 2.90 bits per heavy atom. The summed E-state index contributed by atoms with van der Waals surface area (Å²) in [5.41, 5.74) is 5.82. The normalized spacial score (nSPS) is 22.9. The van der Waals surface area contributed by atoms with E-state index in [9.17, 15) is 4.79 Å². The van der Waals surface area contributed by atoms with Crippen LogP contribution in [0.4, 0.5) is 0 Å². The van der Waals surface area contributed by atoms with Crippen molar-refractivity contribution in [1.82, 2.24) is 5.32 Å². The quantitative estimate of drug-likeness (QED) is 0.911. The SMILES string of the molecule is NCC1CCCCC1NC(=O)c1cc2ccccc2s1. The fraction of sp³-hybridized carbons (Fsp3) is 0.438. The van der Waals surface area contributed by atoms with Crippen molar-refractivity contribution in [2.75, 3.05) is 6.54 Å². The Morgan fingerprint density at radius 1 is 1.30 bits per heavy atom. The van der Waals surface area contributed by atoms with Gasteiger partial charge in [-0.3, -0.25) is 4.79 Å². The van der Waals surface area contributed by atoms with Gasteiger partial charge in [-0.05, 0) is 42.8 Å². The molecule has 3 rings (SSSR count). The molecule has 20 heavy (non-hydrogen) atoms. The van der Waals surface area contributed by atoms with Gasteiger partial charge < -0.3 is 11.1 Å². The fourth-order valence-corrected chi connectivity index (χ4v) is 3.98. The standard InChI is InChI=1S/C16H20N2OS/c17-10-12-6-1-3-7-13(12)18-16(19)15-9-11-5-2-4-8-14(11)20-15/h2,4-5,8-9,12-13H,1,3,6-7,10,17H2,(H,18,19). The topological polar surface area (TPSA) is 55.1 Å². The third kappa shape index (κ3) is 2.72. The van der Waals surface area contributed by atoms with Crippen LogP contribution in [0, 0.1) is 5.92 Å². The lowest BCUT2D eigenvalue weighted by Gasteiger charge is -2.31. The lowest BCUT2D eigenvalue weighted by atomic mass is 9.84. The number of thiophene rings is 1. The maximum absolute atomic E-state index is 12.4. The van der Waals surface area contributed by atoms with Crippen molar-refractivity contribution in [2.24, 2.45) is 11.7 Å². The molecule has 2 aromatic rings. The fourth-order valence-electron chi connectivity index (χ4n) is 3.01. The average molecular weight is 288 g/mol. The van der Waals surface area contributed by atoms with E-state index in [1.54, 1.807) is 11.3 Å². The molecule has 0 spiro atoms. The third-order valence-electron chi connectivity index (χ3n) is 4.18. The van der Waals surface area contributed by atoms with E-state index in [0.29, 0.717) is 12.5 Å². The van der Waals surface area contributed by atoms with E-state index in [1.807, 2.05) is 24.3 Å². The van der Waals surface area contributed by atoms with Gasteiger partial charge in [0.2, 0.25) is 0 Å². The van der Waals surface area contributed by atoms with Crippen LogP contribution in [0.2, 0.25) is 0 Å². The zero-order valence-electron chi connectivity index (χ0n) is 11.5. The molecule has 4 heteroatoms. The summed E-state index contributed by atoms with van der Waals surface area (Å²) < 4.78 is 1.16. The Bertz CT molecular complexity index is 574. The molecule has 3 N–H and O–H groups in total. The molecule has 1 fully saturated rings. The maximum Gasteiger partial charge on any atom is 0.261 e. The van der Waals surface area contributed by atoms with Crippen LogP contribution < -0.4 is 11.1 Å². The van der Waals surface area contributed by atoms with Gasteiger partial charge >= 0.3 is 0 Å². The number of carbonyl (C=O) groups excluding carboxylic acids is 1. The molecule has 0 aliphatic heterocycles. The van der Waals surface area contributed by atoms with Gasteiger partial charge in [0.25, 0.3) is 5.91 Å². The Kier molecular flexibility index (Phi) is 4.03.